The van der Waals surface area contributed by atoms with Crippen LogP contribution in [0.3, 0.4) is 0 Å². The molecular weight excluding hydrogens is 617 g/mol. The minimum absolute atomic E-state index is 0.0264. The van der Waals surface area contributed by atoms with Gasteiger partial charge in [-0.1, -0.05) is 102 Å². The fourth-order valence-corrected chi connectivity index (χ4v) is 7.03. The monoisotopic (exact) mass is 644 g/mol. The number of thioether (sulfide) groups is 1. The van der Waals surface area contributed by atoms with E-state index in [1.807, 2.05) is 43.3 Å². The lowest BCUT2D eigenvalue weighted by Gasteiger charge is -2.26. The quantitative estimate of drug-likeness (QED) is 0.177. The molecule has 0 unspecified atom stereocenters. The Kier molecular flexibility index (Phi) is 9.19. The molecule has 4 aromatic carbocycles. The average molecular weight is 645 g/mol. The number of hydrogen-bond acceptors (Lipinski definition) is 8. The number of carbonyl (C=O) groups excluding carboxylic acids is 2. The Balaban J connectivity index is 1.40. The third-order valence-electron chi connectivity index (χ3n) is 7.00. The van der Waals surface area contributed by atoms with E-state index in [-0.39, 0.29) is 21.4 Å². The van der Waals surface area contributed by atoms with E-state index in [9.17, 15) is 23.1 Å². The number of benzene rings is 4. The molecule has 44 heavy (non-hydrogen) atoms. The SMILES string of the molecule is COc1ccc(-c2ccc(/C=C3\SC(=S)N([C@@H](Cc4ccccc4)C(=O)NS(=O)(=O)c4ccc(C)cc4)C3=O)cc2)cc1O. The first-order valence-corrected chi connectivity index (χ1v) is 16.2. The third kappa shape index (κ3) is 6.85. The van der Waals surface area contributed by atoms with E-state index in [1.165, 1.54) is 24.1 Å². The van der Waals surface area contributed by atoms with Gasteiger partial charge in [-0.3, -0.25) is 14.5 Å². The Morgan fingerprint density at radius 1 is 1.00 bits per heavy atom. The van der Waals surface area contributed by atoms with Crippen LogP contribution in [-0.2, 0) is 26.0 Å². The molecule has 224 valence electrons. The zero-order chi connectivity index (χ0) is 31.4. The summed E-state index contributed by atoms with van der Waals surface area (Å²) >= 11 is 6.60. The van der Waals surface area contributed by atoms with Crippen molar-refractivity contribution >= 4 is 56.2 Å². The molecule has 1 aliphatic rings. The van der Waals surface area contributed by atoms with Gasteiger partial charge in [-0.25, -0.2) is 13.1 Å². The number of nitrogens with zero attached hydrogens (tertiary/aromatic N) is 1. The Morgan fingerprint density at radius 2 is 1.66 bits per heavy atom. The van der Waals surface area contributed by atoms with Gasteiger partial charge in [-0.05, 0) is 59.5 Å². The second kappa shape index (κ2) is 13.0. The minimum Gasteiger partial charge on any atom is -0.504 e. The van der Waals surface area contributed by atoms with Crippen molar-refractivity contribution in [1.29, 1.82) is 0 Å². The topological polar surface area (TPSA) is 113 Å². The first-order chi connectivity index (χ1) is 21.1. The van der Waals surface area contributed by atoms with E-state index in [0.717, 1.165) is 39.6 Å². The highest BCUT2D eigenvalue weighted by atomic mass is 32.2. The summed E-state index contributed by atoms with van der Waals surface area (Å²) in [5.74, 6) is -0.954. The van der Waals surface area contributed by atoms with E-state index in [1.54, 1.807) is 54.6 Å². The largest absolute Gasteiger partial charge is 0.504 e. The highest BCUT2D eigenvalue weighted by Crippen LogP contribution is 2.36. The van der Waals surface area contributed by atoms with E-state index in [0.29, 0.717) is 10.7 Å². The highest BCUT2D eigenvalue weighted by molar-refractivity contribution is 8.26. The van der Waals surface area contributed by atoms with Gasteiger partial charge in [0.2, 0.25) is 0 Å². The minimum atomic E-state index is -4.20. The molecule has 0 saturated carbocycles. The van der Waals surface area contributed by atoms with Crippen LogP contribution in [-0.4, -0.2) is 47.7 Å². The Bertz CT molecular complexity index is 1860. The van der Waals surface area contributed by atoms with Crippen molar-refractivity contribution in [3.63, 3.8) is 0 Å². The number of nitrogens with one attached hydrogen (secondary N) is 1. The van der Waals surface area contributed by atoms with E-state index >= 15 is 0 Å². The summed E-state index contributed by atoms with van der Waals surface area (Å²) in [4.78, 5) is 28.7. The summed E-state index contributed by atoms with van der Waals surface area (Å²) in [6.07, 6.45) is 1.73. The van der Waals surface area contributed by atoms with Gasteiger partial charge < -0.3 is 9.84 Å². The molecule has 4 aromatic rings. The number of methoxy groups -OCH3 is 1. The Hall–Kier alpha value is -4.45. The summed E-state index contributed by atoms with van der Waals surface area (Å²) in [7, 11) is -2.72. The number of carbonyl (C=O) groups is 2. The number of phenols is 1. The summed E-state index contributed by atoms with van der Waals surface area (Å²) < 4.78 is 33.5. The van der Waals surface area contributed by atoms with Crippen molar-refractivity contribution < 1.29 is 27.9 Å². The maximum Gasteiger partial charge on any atom is 0.266 e. The van der Waals surface area contributed by atoms with Crippen molar-refractivity contribution in [1.82, 2.24) is 9.62 Å². The number of aryl methyl sites for hydroxylation is 1. The van der Waals surface area contributed by atoms with Crippen LogP contribution in [0.15, 0.2) is 107 Å². The van der Waals surface area contributed by atoms with Gasteiger partial charge in [0.05, 0.1) is 16.9 Å². The highest BCUT2D eigenvalue weighted by Gasteiger charge is 2.41. The van der Waals surface area contributed by atoms with Gasteiger partial charge in [-0.15, -0.1) is 0 Å². The van der Waals surface area contributed by atoms with Crippen LogP contribution >= 0.6 is 24.0 Å². The fraction of sp³-hybridized carbons (Fsp3) is 0.121. The van der Waals surface area contributed by atoms with E-state index in [4.69, 9.17) is 17.0 Å². The van der Waals surface area contributed by atoms with Crippen molar-refractivity contribution in [2.75, 3.05) is 7.11 Å². The summed E-state index contributed by atoms with van der Waals surface area (Å²) in [6.45, 7) is 1.83. The smallest absolute Gasteiger partial charge is 0.266 e. The van der Waals surface area contributed by atoms with Gasteiger partial charge in [0.25, 0.3) is 21.8 Å². The average Bonchev–Trinajstić information content (AvgIpc) is 3.28. The number of phenolic OH excluding ortho intramolecular Hbond substituents is 1. The number of amides is 2. The lowest BCUT2D eigenvalue weighted by atomic mass is 10.0. The number of ether oxygens (including phenoxy) is 1. The van der Waals surface area contributed by atoms with E-state index < -0.39 is 27.9 Å². The van der Waals surface area contributed by atoms with Crippen molar-refractivity contribution in [2.24, 2.45) is 0 Å². The van der Waals surface area contributed by atoms with Gasteiger partial charge in [-0.2, -0.15) is 0 Å². The number of aromatic hydroxyl groups is 1. The van der Waals surface area contributed by atoms with Crippen LogP contribution in [0.1, 0.15) is 16.7 Å². The third-order valence-corrected chi connectivity index (χ3v) is 9.69. The first-order valence-electron chi connectivity index (χ1n) is 13.5. The summed E-state index contributed by atoms with van der Waals surface area (Å²) in [5, 5.41) is 10.1. The second-order valence-corrected chi connectivity index (χ2v) is 13.4. The Labute approximate surface area is 265 Å². The lowest BCUT2D eigenvalue weighted by molar-refractivity contribution is -0.131. The molecule has 1 fully saturated rings. The molecule has 11 heteroatoms. The van der Waals surface area contributed by atoms with Gasteiger partial charge in [0.15, 0.2) is 11.5 Å². The molecule has 0 spiro atoms. The van der Waals surface area contributed by atoms with Crippen LogP contribution in [0.4, 0.5) is 0 Å². The van der Waals surface area contributed by atoms with Crippen LogP contribution in [0.2, 0.25) is 0 Å². The molecule has 1 aliphatic heterocycles. The number of sulfonamides is 1. The van der Waals surface area contributed by atoms with Crippen LogP contribution in [0.5, 0.6) is 11.5 Å². The molecular formula is C33H28N2O6S3. The molecule has 0 radical (unpaired) electrons. The molecule has 1 atom stereocenters. The number of rotatable bonds is 9. The zero-order valence-corrected chi connectivity index (χ0v) is 26.2. The van der Waals surface area contributed by atoms with Crippen LogP contribution in [0, 0.1) is 6.92 Å². The maximum atomic E-state index is 13.7. The maximum absolute atomic E-state index is 13.7. The first kappa shape index (κ1) is 31.0. The molecule has 1 heterocycles. The van der Waals surface area contributed by atoms with E-state index in [2.05, 4.69) is 4.72 Å². The normalized spacial score (nSPS) is 15.0. The predicted octanol–water partition coefficient (Wildman–Crippen LogP) is 5.69. The van der Waals surface area contributed by atoms with Gasteiger partial charge >= 0.3 is 0 Å². The summed E-state index contributed by atoms with van der Waals surface area (Å²) in [6, 6.07) is 26.4. The van der Waals surface area contributed by atoms with Crippen molar-refractivity contribution in [3.8, 4) is 22.6 Å². The second-order valence-electron chi connectivity index (χ2n) is 10.0. The van der Waals surface area contributed by atoms with Crippen molar-refractivity contribution in [2.45, 2.75) is 24.3 Å². The van der Waals surface area contributed by atoms with Gasteiger partial charge in [0, 0.05) is 6.42 Å². The standard InChI is InChI=1S/C33H28N2O6S3/c1-21-8-15-26(16-9-21)44(39,40)34-31(37)27(18-22-6-4-3-5-7-22)35-32(38)30(43-33(35)42)19-23-10-12-24(13-11-23)25-14-17-29(41-2)28(36)20-25/h3-17,19-20,27,36H,18H2,1-2H3,(H,34,37)/b30-19-/t27-/m0/s1. The number of hydrogen-bond donors (Lipinski definition) is 2. The zero-order valence-electron chi connectivity index (χ0n) is 23.8. The fourth-order valence-electron chi connectivity index (χ4n) is 4.66. The molecule has 2 N–H and O–H groups in total. The van der Waals surface area contributed by atoms with Crippen molar-refractivity contribution in [3.05, 3.63) is 119 Å². The van der Waals surface area contributed by atoms with Crippen LogP contribution in [0.25, 0.3) is 17.2 Å². The molecule has 8 nitrogen and oxygen atoms in total. The molecule has 0 bridgehead atoms. The molecule has 0 aliphatic carbocycles. The lowest BCUT2D eigenvalue weighted by Crippen LogP contribution is -2.51. The predicted molar refractivity (Wildman–Crippen MR) is 176 cm³/mol. The number of thiocarbonyl (C=S) groups is 1. The van der Waals surface area contributed by atoms with Crippen LogP contribution < -0.4 is 9.46 Å². The molecule has 1 saturated heterocycles. The Morgan fingerprint density at radius 3 is 2.30 bits per heavy atom. The van der Waals surface area contributed by atoms with Gasteiger partial charge in [0.1, 0.15) is 10.4 Å². The molecule has 5 rings (SSSR count). The summed E-state index contributed by atoms with van der Waals surface area (Å²) in [5.41, 5.74) is 3.96. The molecule has 0 aromatic heterocycles. The molecule has 2 amide bonds.